The summed E-state index contributed by atoms with van der Waals surface area (Å²) in [7, 11) is 1.57. The molecule has 0 radical (unpaired) electrons. The minimum absolute atomic E-state index is 0.274. The van der Waals surface area contributed by atoms with Gasteiger partial charge in [0.15, 0.2) is 0 Å². The highest BCUT2D eigenvalue weighted by Gasteiger charge is 2.19. The van der Waals surface area contributed by atoms with Gasteiger partial charge < -0.3 is 14.2 Å². The molecule has 7 heteroatoms. The van der Waals surface area contributed by atoms with Crippen LogP contribution in [0.4, 0.5) is 4.39 Å². The monoisotopic (exact) mass is 401 g/mol. The molecule has 0 N–H and O–H groups in total. The summed E-state index contributed by atoms with van der Waals surface area (Å²) in [6.45, 7) is 1.55. The average molecular weight is 402 g/mol. The van der Waals surface area contributed by atoms with Gasteiger partial charge in [-0.05, 0) is 29.8 Å². The zero-order valence-electron chi connectivity index (χ0n) is 15.5. The molecule has 0 aliphatic carbocycles. The van der Waals surface area contributed by atoms with Crippen LogP contribution in [0, 0.1) is 5.82 Å². The number of halogens is 2. The summed E-state index contributed by atoms with van der Waals surface area (Å²) in [5, 5.41) is 0.675. The number of carbonyl (C=O) groups excluding carboxylic acids is 1. The highest BCUT2D eigenvalue weighted by Crippen LogP contribution is 2.18. The van der Waals surface area contributed by atoms with Crippen LogP contribution in [0.5, 0.6) is 0 Å². The lowest BCUT2D eigenvalue weighted by Crippen LogP contribution is -2.34. The second kappa shape index (κ2) is 9.48. The molecule has 3 rings (SSSR count). The van der Waals surface area contributed by atoms with Crippen molar-refractivity contribution in [1.82, 2.24) is 14.5 Å². The number of benzene rings is 2. The van der Waals surface area contributed by atoms with Gasteiger partial charge in [-0.2, -0.15) is 0 Å². The van der Waals surface area contributed by atoms with Crippen molar-refractivity contribution in [2.75, 3.05) is 20.3 Å². The fourth-order valence-corrected chi connectivity index (χ4v) is 3.07. The summed E-state index contributed by atoms with van der Waals surface area (Å²) in [5.74, 6) is -0.0117. The Labute approximate surface area is 168 Å². The SMILES string of the molecule is COCCN(Cc1nccn1Cc1ccccc1Cl)C(=O)c1cccc(F)c1. The van der Waals surface area contributed by atoms with Crippen LogP contribution in [0.3, 0.4) is 0 Å². The van der Waals surface area contributed by atoms with Crippen LogP contribution in [-0.4, -0.2) is 40.6 Å². The van der Waals surface area contributed by atoms with Gasteiger partial charge in [0.2, 0.25) is 0 Å². The van der Waals surface area contributed by atoms with Crippen LogP contribution in [0.15, 0.2) is 60.9 Å². The van der Waals surface area contributed by atoms with Gasteiger partial charge in [-0.15, -0.1) is 0 Å². The summed E-state index contributed by atoms with van der Waals surface area (Å²) in [6, 6.07) is 13.3. The largest absolute Gasteiger partial charge is 0.383 e. The van der Waals surface area contributed by atoms with Gasteiger partial charge in [0.1, 0.15) is 11.6 Å². The maximum absolute atomic E-state index is 13.5. The number of rotatable bonds is 8. The first kappa shape index (κ1) is 20.0. The van der Waals surface area contributed by atoms with Crippen LogP contribution in [0.25, 0.3) is 0 Å². The molecule has 0 fully saturated rings. The van der Waals surface area contributed by atoms with E-state index < -0.39 is 5.82 Å². The first-order valence-electron chi connectivity index (χ1n) is 8.85. The summed E-state index contributed by atoms with van der Waals surface area (Å²) < 4.78 is 20.6. The maximum Gasteiger partial charge on any atom is 0.254 e. The molecule has 1 aromatic heterocycles. The number of carbonyl (C=O) groups is 1. The Bertz CT molecular complexity index is 945. The van der Waals surface area contributed by atoms with Gasteiger partial charge in [0.25, 0.3) is 5.91 Å². The topological polar surface area (TPSA) is 47.4 Å². The Kier molecular flexibility index (Phi) is 6.79. The number of hydrogen-bond acceptors (Lipinski definition) is 3. The minimum Gasteiger partial charge on any atom is -0.383 e. The number of hydrogen-bond donors (Lipinski definition) is 0. The highest BCUT2D eigenvalue weighted by atomic mass is 35.5. The fourth-order valence-electron chi connectivity index (χ4n) is 2.87. The zero-order chi connectivity index (χ0) is 19.9. The van der Waals surface area contributed by atoms with Crippen LogP contribution in [0.1, 0.15) is 21.7 Å². The molecular formula is C21H21ClFN3O2. The second-order valence-electron chi connectivity index (χ2n) is 6.29. The van der Waals surface area contributed by atoms with E-state index in [9.17, 15) is 9.18 Å². The molecule has 28 heavy (non-hydrogen) atoms. The summed E-state index contributed by atoms with van der Waals surface area (Å²) in [4.78, 5) is 18.9. The number of imidazole rings is 1. The molecule has 1 amide bonds. The van der Waals surface area contributed by atoms with Gasteiger partial charge in [-0.1, -0.05) is 35.9 Å². The van der Waals surface area contributed by atoms with E-state index in [1.165, 1.54) is 18.2 Å². The van der Waals surface area contributed by atoms with E-state index in [-0.39, 0.29) is 12.5 Å². The summed E-state index contributed by atoms with van der Waals surface area (Å²) in [6.07, 6.45) is 3.53. The van der Waals surface area contributed by atoms with Crippen molar-refractivity contribution in [1.29, 1.82) is 0 Å². The molecule has 0 spiro atoms. The summed E-state index contributed by atoms with van der Waals surface area (Å²) >= 11 is 6.26. The third kappa shape index (κ3) is 4.97. The van der Waals surface area contributed by atoms with E-state index >= 15 is 0 Å². The predicted octanol–water partition coefficient (Wildman–Crippen LogP) is 4.01. The van der Waals surface area contributed by atoms with E-state index in [0.717, 1.165) is 5.56 Å². The number of ether oxygens (including phenoxy) is 1. The van der Waals surface area contributed by atoms with Crippen LogP contribution >= 0.6 is 11.6 Å². The number of amides is 1. The van der Waals surface area contributed by atoms with Crippen molar-refractivity contribution in [2.45, 2.75) is 13.1 Å². The third-order valence-electron chi connectivity index (χ3n) is 4.36. The Morgan fingerprint density at radius 1 is 1.25 bits per heavy atom. The van der Waals surface area contributed by atoms with E-state index in [1.54, 1.807) is 24.3 Å². The lowest BCUT2D eigenvalue weighted by molar-refractivity contribution is 0.0673. The van der Waals surface area contributed by atoms with E-state index in [4.69, 9.17) is 16.3 Å². The molecule has 2 aromatic carbocycles. The minimum atomic E-state index is -0.447. The second-order valence-corrected chi connectivity index (χ2v) is 6.70. The number of methoxy groups -OCH3 is 1. The molecule has 0 bridgehead atoms. The van der Waals surface area contributed by atoms with Crippen molar-refractivity contribution in [3.8, 4) is 0 Å². The normalized spacial score (nSPS) is 10.8. The first-order chi connectivity index (χ1) is 13.6. The lowest BCUT2D eigenvalue weighted by atomic mass is 10.2. The molecule has 0 aliphatic heterocycles. The predicted molar refractivity (Wildman–Crippen MR) is 106 cm³/mol. The fraction of sp³-hybridized carbons (Fsp3) is 0.238. The molecule has 5 nitrogen and oxygen atoms in total. The molecule has 0 unspecified atom stereocenters. The highest BCUT2D eigenvalue weighted by molar-refractivity contribution is 6.31. The molecule has 0 atom stereocenters. The van der Waals surface area contributed by atoms with Gasteiger partial charge in [-0.25, -0.2) is 9.37 Å². The smallest absolute Gasteiger partial charge is 0.254 e. The quantitative estimate of drug-likeness (QED) is 0.573. The van der Waals surface area contributed by atoms with E-state index in [2.05, 4.69) is 4.98 Å². The molecule has 146 valence electrons. The number of aromatic nitrogens is 2. The van der Waals surface area contributed by atoms with Crippen molar-refractivity contribution in [3.05, 3.63) is 88.7 Å². The number of nitrogens with zero attached hydrogens (tertiary/aromatic N) is 3. The van der Waals surface area contributed by atoms with Gasteiger partial charge in [-0.3, -0.25) is 4.79 Å². The third-order valence-corrected chi connectivity index (χ3v) is 4.73. The maximum atomic E-state index is 13.5. The van der Waals surface area contributed by atoms with Crippen LogP contribution in [-0.2, 0) is 17.8 Å². The Balaban J connectivity index is 1.81. The molecule has 3 aromatic rings. The lowest BCUT2D eigenvalue weighted by Gasteiger charge is -2.23. The average Bonchev–Trinajstić information content (AvgIpc) is 3.13. The van der Waals surface area contributed by atoms with Crippen molar-refractivity contribution >= 4 is 17.5 Å². The summed E-state index contributed by atoms with van der Waals surface area (Å²) in [5.41, 5.74) is 1.25. The van der Waals surface area contributed by atoms with Crippen LogP contribution < -0.4 is 0 Å². The molecule has 1 heterocycles. The Hall–Kier alpha value is -2.70. The molecule has 0 aliphatic rings. The zero-order valence-corrected chi connectivity index (χ0v) is 16.3. The Morgan fingerprint density at radius 3 is 2.82 bits per heavy atom. The van der Waals surface area contributed by atoms with Crippen molar-refractivity contribution in [2.24, 2.45) is 0 Å². The van der Waals surface area contributed by atoms with Crippen molar-refractivity contribution < 1.29 is 13.9 Å². The molecular weight excluding hydrogens is 381 g/mol. The van der Waals surface area contributed by atoms with Gasteiger partial charge >= 0.3 is 0 Å². The Morgan fingerprint density at radius 2 is 2.07 bits per heavy atom. The standard InChI is InChI=1S/C21H21ClFN3O2/c1-28-12-11-26(21(27)16-6-4-7-18(23)13-16)15-20-24-9-10-25(20)14-17-5-2-3-8-19(17)22/h2-10,13H,11-12,14-15H2,1H3. The molecule has 0 saturated carbocycles. The van der Waals surface area contributed by atoms with Gasteiger partial charge in [0.05, 0.1) is 19.7 Å². The van der Waals surface area contributed by atoms with Crippen LogP contribution in [0.2, 0.25) is 5.02 Å². The molecule has 0 saturated heterocycles. The van der Waals surface area contributed by atoms with E-state index in [1.807, 2.05) is 35.0 Å². The van der Waals surface area contributed by atoms with Crippen molar-refractivity contribution in [3.63, 3.8) is 0 Å². The van der Waals surface area contributed by atoms with E-state index in [0.29, 0.717) is 36.1 Å². The first-order valence-corrected chi connectivity index (χ1v) is 9.23. The van der Waals surface area contributed by atoms with Gasteiger partial charge in [0, 0.05) is 36.6 Å².